The van der Waals surface area contributed by atoms with E-state index in [1.807, 2.05) is 12.2 Å². The molecule has 12 heteroatoms. The first-order chi connectivity index (χ1) is 28.6. The SMILES string of the molecule is CC/C=C/C/C=C/C/C=C/C/C=C/C/C=C/CCCC(=O)O[C@H](COC(=O)CCCCCCCCCCCCCCCCCCCC)COP(=O)(O)OC[C@H](N)C(=O)O. The first kappa shape index (κ1) is 56.2. The van der Waals surface area contributed by atoms with Crippen molar-refractivity contribution < 1.29 is 47.5 Å². The van der Waals surface area contributed by atoms with Crippen LogP contribution in [0.5, 0.6) is 0 Å². The zero-order valence-electron chi connectivity index (χ0n) is 36.8. The Morgan fingerprint density at radius 1 is 0.542 bits per heavy atom. The molecule has 0 rings (SSSR count). The van der Waals surface area contributed by atoms with Crippen molar-refractivity contribution in [2.45, 2.75) is 199 Å². The lowest BCUT2D eigenvalue weighted by atomic mass is 10.0. The summed E-state index contributed by atoms with van der Waals surface area (Å²) >= 11 is 0. The van der Waals surface area contributed by atoms with E-state index in [-0.39, 0.29) is 19.4 Å². The Kier molecular flexibility index (Phi) is 39.9. The van der Waals surface area contributed by atoms with Gasteiger partial charge in [-0.15, -0.1) is 0 Å². The molecule has 59 heavy (non-hydrogen) atoms. The Morgan fingerprint density at radius 3 is 1.41 bits per heavy atom. The zero-order valence-corrected chi connectivity index (χ0v) is 37.7. The summed E-state index contributed by atoms with van der Waals surface area (Å²) in [5, 5.41) is 8.90. The van der Waals surface area contributed by atoms with Crippen LogP contribution in [0, 0.1) is 0 Å². The minimum absolute atomic E-state index is 0.0822. The molecule has 0 heterocycles. The molecule has 0 amide bonds. The number of esters is 2. The van der Waals surface area contributed by atoms with Gasteiger partial charge in [-0.3, -0.25) is 23.4 Å². The number of phosphoric ester groups is 1. The van der Waals surface area contributed by atoms with Crippen LogP contribution < -0.4 is 5.73 Å². The van der Waals surface area contributed by atoms with Crippen LogP contribution in [0.4, 0.5) is 0 Å². The maximum atomic E-state index is 12.6. The molecule has 0 aliphatic heterocycles. The Labute approximate surface area is 357 Å². The maximum absolute atomic E-state index is 12.6. The van der Waals surface area contributed by atoms with Crippen molar-refractivity contribution in [1.29, 1.82) is 0 Å². The number of carbonyl (C=O) groups excluding carboxylic acids is 2. The zero-order chi connectivity index (χ0) is 43.5. The third-order valence-corrected chi connectivity index (χ3v) is 10.5. The third-order valence-electron chi connectivity index (χ3n) is 9.53. The highest BCUT2D eigenvalue weighted by molar-refractivity contribution is 7.47. The Hall–Kier alpha value is -2.82. The highest BCUT2D eigenvalue weighted by Gasteiger charge is 2.28. The Morgan fingerprint density at radius 2 is 0.949 bits per heavy atom. The number of hydrogen-bond donors (Lipinski definition) is 3. The molecule has 0 saturated heterocycles. The van der Waals surface area contributed by atoms with Crippen LogP contribution in [0.25, 0.3) is 0 Å². The summed E-state index contributed by atoms with van der Waals surface area (Å²) in [6.45, 7) is 2.64. The lowest BCUT2D eigenvalue weighted by Gasteiger charge is -2.20. The first-order valence-electron chi connectivity index (χ1n) is 22.8. The number of hydrogen-bond acceptors (Lipinski definition) is 9. The second kappa shape index (κ2) is 41.9. The summed E-state index contributed by atoms with van der Waals surface area (Å²) in [6.07, 6.45) is 48.7. The monoisotopic (exact) mass is 852 g/mol. The van der Waals surface area contributed by atoms with Crippen molar-refractivity contribution in [3.8, 4) is 0 Å². The van der Waals surface area contributed by atoms with Crippen molar-refractivity contribution in [1.82, 2.24) is 0 Å². The van der Waals surface area contributed by atoms with Gasteiger partial charge in [0.25, 0.3) is 0 Å². The van der Waals surface area contributed by atoms with Gasteiger partial charge >= 0.3 is 25.7 Å². The largest absolute Gasteiger partial charge is 0.480 e. The number of ether oxygens (including phenoxy) is 2. The van der Waals surface area contributed by atoms with Crippen LogP contribution in [-0.2, 0) is 37.5 Å². The molecule has 0 spiro atoms. The quantitative estimate of drug-likeness (QED) is 0.0231. The molecule has 340 valence electrons. The molecule has 0 aromatic carbocycles. The minimum Gasteiger partial charge on any atom is -0.480 e. The molecule has 0 saturated carbocycles. The summed E-state index contributed by atoms with van der Waals surface area (Å²) in [5.41, 5.74) is 5.33. The van der Waals surface area contributed by atoms with Crippen molar-refractivity contribution in [2.75, 3.05) is 19.8 Å². The summed E-state index contributed by atoms with van der Waals surface area (Å²) in [4.78, 5) is 46.0. The molecular formula is C47H82NO10P. The second-order valence-electron chi connectivity index (χ2n) is 15.2. The van der Waals surface area contributed by atoms with Gasteiger partial charge in [0.05, 0.1) is 13.2 Å². The van der Waals surface area contributed by atoms with Crippen molar-refractivity contribution in [3.63, 3.8) is 0 Å². The molecular weight excluding hydrogens is 769 g/mol. The smallest absolute Gasteiger partial charge is 0.472 e. The van der Waals surface area contributed by atoms with E-state index in [1.165, 1.54) is 89.9 Å². The van der Waals surface area contributed by atoms with E-state index in [0.29, 0.717) is 19.3 Å². The normalized spacial score (nSPS) is 14.2. The van der Waals surface area contributed by atoms with E-state index in [2.05, 4.69) is 67.0 Å². The molecule has 4 N–H and O–H groups in total. The fraction of sp³-hybridized carbons (Fsp3) is 0.723. The van der Waals surface area contributed by atoms with Gasteiger partial charge in [0, 0.05) is 12.8 Å². The lowest BCUT2D eigenvalue weighted by molar-refractivity contribution is -0.161. The molecule has 0 aromatic rings. The number of carboxylic acid groups (broad SMARTS) is 1. The average Bonchev–Trinajstić information content (AvgIpc) is 3.21. The number of unbranched alkanes of at least 4 members (excludes halogenated alkanes) is 18. The molecule has 0 aromatic heterocycles. The fourth-order valence-corrected chi connectivity index (χ4v) is 6.76. The molecule has 0 fully saturated rings. The molecule has 3 atom stereocenters. The van der Waals surface area contributed by atoms with Crippen LogP contribution in [-0.4, -0.2) is 59.9 Å². The van der Waals surface area contributed by atoms with Gasteiger partial charge in [0.2, 0.25) is 0 Å². The molecule has 1 unspecified atom stereocenters. The van der Waals surface area contributed by atoms with E-state index in [1.54, 1.807) is 0 Å². The first-order valence-corrected chi connectivity index (χ1v) is 24.3. The van der Waals surface area contributed by atoms with Gasteiger partial charge in [-0.05, 0) is 51.4 Å². The topological polar surface area (TPSA) is 172 Å². The van der Waals surface area contributed by atoms with Gasteiger partial charge < -0.3 is 25.2 Å². The fourth-order valence-electron chi connectivity index (χ4n) is 5.98. The van der Waals surface area contributed by atoms with Gasteiger partial charge in [0.15, 0.2) is 6.10 Å². The van der Waals surface area contributed by atoms with E-state index < -0.39 is 51.1 Å². The predicted octanol–water partition coefficient (Wildman–Crippen LogP) is 12.3. The second-order valence-corrected chi connectivity index (χ2v) is 16.6. The number of nitrogens with two attached hydrogens (primary N) is 1. The van der Waals surface area contributed by atoms with Crippen LogP contribution in [0.2, 0.25) is 0 Å². The highest BCUT2D eigenvalue weighted by Crippen LogP contribution is 2.43. The molecule has 0 bridgehead atoms. The lowest BCUT2D eigenvalue weighted by Crippen LogP contribution is -2.34. The van der Waals surface area contributed by atoms with Crippen molar-refractivity contribution in [2.24, 2.45) is 5.73 Å². The highest BCUT2D eigenvalue weighted by atomic mass is 31.2. The summed E-state index contributed by atoms with van der Waals surface area (Å²) in [7, 11) is -4.73. The van der Waals surface area contributed by atoms with E-state index in [4.69, 9.17) is 24.8 Å². The van der Waals surface area contributed by atoms with Gasteiger partial charge in [-0.25, -0.2) is 4.57 Å². The molecule has 0 aliphatic carbocycles. The predicted molar refractivity (Wildman–Crippen MR) is 240 cm³/mol. The van der Waals surface area contributed by atoms with Gasteiger partial charge in [0.1, 0.15) is 12.6 Å². The number of allylic oxidation sites excluding steroid dienone is 10. The summed E-state index contributed by atoms with van der Waals surface area (Å²) in [5.74, 6) is -2.45. The number of phosphoric acid groups is 1. The van der Waals surface area contributed by atoms with Crippen LogP contribution in [0.1, 0.15) is 187 Å². The van der Waals surface area contributed by atoms with Crippen LogP contribution in [0.3, 0.4) is 0 Å². The van der Waals surface area contributed by atoms with Gasteiger partial charge in [-0.1, -0.05) is 184 Å². The minimum atomic E-state index is -4.73. The van der Waals surface area contributed by atoms with Crippen molar-refractivity contribution in [3.05, 3.63) is 60.8 Å². The molecule has 11 nitrogen and oxygen atoms in total. The summed E-state index contributed by atoms with van der Waals surface area (Å²) in [6, 6.07) is -1.53. The number of aliphatic carboxylic acids is 1. The molecule has 0 radical (unpaired) electrons. The Balaban J connectivity index is 4.40. The number of rotatable bonds is 42. The van der Waals surface area contributed by atoms with E-state index in [0.717, 1.165) is 51.4 Å². The van der Waals surface area contributed by atoms with E-state index in [9.17, 15) is 23.8 Å². The van der Waals surface area contributed by atoms with E-state index >= 15 is 0 Å². The Bertz CT molecular complexity index is 1230. The number of carbonyl (C=O) groups is 3. The van der Waals surface area contributed by atoms with Crippen LogP contribution in [0.15, 0.2) is 60.8 Å². The van der Waals surface area contributed by atoms with Gasteiger partial charge in [-0.2, -0.15) is 0 Å². The standard InChI is InChI=1S/C47H82NO10P/c1-3-5-7-9-11-13-15-17-19-21-23-24-26-28-30-32-34-36-38-45(49)55-40-43(41-56-59(53,54)57-42-44(48)47(51)52)58-46(50)39-37-35-33-31-29-27-25-22-20-18-16-14-12-10-8-6-4-2/h6,8,12,14,18,20,25,27,31,33,43-44H,3-5,7,9-11,13,15-17,19,21-24,26,28-30,32,34-42,48H2,1-2H3,(H,51,52)(H,53,54)/b8-6+,14-12+,20-18+,27-25+,33-31+/t43-,44+/m1/s1. The summed E-state index contributed by atoms with van der Waals surface area (Å²) < 4.78 is 32.7. The molecule has 0 aliphatic rings. The van der Waals surface area contributed by atoms with Crippen LogP contribution >= 0.6 is 7.82 Å². The number of carboxylic acids is 1. The third kappa shape index (κ3) is 41.7. The van der Waals surface area contributed by atoms with Crippen molar-refractivity contribution >= 4 is 25.7 Å². The average molecular weight is 852 g/mol. The maximum Gasteiger partial charge on any atom is 0.472 e.